The minimum Gasteiger partial charge on any atom is -0.495 e. The average molecular weight is 311 g/mol. The predicted molar refractivity (Wildman–Crippen MR) is 84.0 cm³/mol. The van der Waals surface area contributed by atoms with E-state index in [1.165, 1.54) is 6.92 Å². The third-order valence-electron chi connectivity index (χ3n) is 2.66. The second-order valence-corrected chi connectivity index (χ2v) is 5.55. The fourth-order valence-electron chi connectivity index (χ4n) is 1.73. The zero-order valence-electron chi connectivity index (χ0n) is 11.2. The lowest BCUT2D eigenvalue weighted by Gasteiger charge is -2.10. The van der Waals surface area contributed by atoms with Gasteiger partial charge >= 0.3 is 0 Å². The van der Waals surface area contributed by atoms with Crippen LogP contribution in [-0.4, -0.2) is 13.0 Å². The van der Waals surface area contributed by atoms with Crippen molar-refractivity contribution in [2.45, 2.75) is 13.5 Å². The number of carbonyl (C=O) groups is 1. The Balaban J connectivity index is 2.05. The first-order valence-corrected chi connectivity index (χ1v) is 7.27. The van der Waals surface area contributed by atoms with Gasteiger partial charge in [0.25, 0.3) is 0 Å². The van der Waals surface area contributed by atoms with Crippen molar-refractivity contribution in [3.05, 3.63) is 39.5 Å². The first-order chi connectivity index (χ1) is 9.60. The Kier molecular flexibility index (Phi) is 4.87. The quantitative estimate of drug-likeness (QED) is 0.878. The molecule has 1 aromatic heterocycles. The van der Waals surface area contributed by atoms with Gasteiger partial charge in [-0.25, -0.2) is 0 Å². The molecule has 0 saturated heterocycles. The monoisotopic (exact) mass is 310 g/mol. The van der Waals surface area contributed by atoms with E-state index in [-0.39, 0.29) is 5.91 Å². The molecule has 0 spiro atoms. The van der Waals surface area contributed by atoms with Crippen LogP contribution in [0.2, 0.25) is 5.02 Å². The molecule has 2 N–H and O–H groups in total. The summed E-state index contributed by atoms with van der Waals surface area (Å²) >= 11 is 7.57. The molecule has 0 atom stereocenters. The Labute approximate surface area is 126 Å². The number of anilines is 2. The maximum atomic E-state index is 11.1. The van der Waals surface area contributed by atoms with Crippen molar-refractivity contribution < 1.29 is 9.53 Å². The zero-order chi connectivity index (χ0) is 14.5. The molecule has 0 bridgehead atoms. The molecule has 0 aliphatic rings. The van der Waals surface area contributed by atoms with Gasteiger partial charge < -0.3 is 15.4 Å². The number of amides is 1. The molecule has 2 aromatic rings. The Hall–Kier alpha value is -1.72. The van der Waals surface area contributed by atoms with Crippen molar-refractivity contribution in [3.63, 3.8) is 0 Å². The topological polar surface area (TPSA) is 50.4 Å². The molecule has 6 heteroatoms. The van der Waals surface area contributed by atoms with Gasteiger partial charge in [0.2, 0.25) is 5.91 Å². The molecule has 0 unspecified atom stereocenters. The van der Waals surface area contributed by atoms with Crippen LogP contribution in [0.15, 0.2) is 29.6 Å². The highest BCUT2D eigenvalue weighted by Gasteiger charge is 2.06. The lowest BCUT2D eigenvalue weighted by atomic mass is 10.3. The van der Waals surface area contributed by atoms with Gasteiger partial charge in [0.05, 0.1) is 24.4 Å². The van der Waals surface area contributed by atoms with Gasteiger partial charge in [0.15, 0.2) is 0 Å². The van der Waals surface area contributed by atoms with Gasteiger partial charge in [0.1, 0.15) is 5.75 Å². The van der Waals surface area contributed by atoms with Crippen LogP contribution in [0.3, 0.4) is 0 Å². The Morgan fingerprint density at radius 1 is 1.40 bits per heavy atom. The second kappa shape index (κ2) is 6.63. The zero-order valence-corrected chi connectivity index (χ0v) is 12.8. The Morgan fingerprint density at radius 3 is 2.90 bits per heavy atom. The van der Waals surface area contributed by atoms with Gasteiger partial charge in [-0.1, -0.05) is 11.6 Å². The fourth-order valence-corrected chi connectivity index (χ4v) is 2.70. The molecule has 4 nitrogen and oxygen atoms in total. The number of methoxy groups -OCH3 is 1. The molecule has 0 fully saturated rings. The normalized spacial score (nSPS) is 10.2. The van der Waals surface area contributed by atoms with Crippen molar-refractivity contribution in [1.82, 2.24) is 0 Å². The molecular weight excluding hydrogens is 296 g/mol. The molecule has 1 aromatic carbocycles. The van der Waals surface area contributed by atoms with Gasteiger partial charge in [-0.2, -0.15) is 0 Å². The van der Waals surface area contributed by atoms with E-state index in [0.29, 0.717) is 17.3 Å². The highest BCUT2D eigenvalue weighted by Crippen LogP contribution is 2.29. The van der Waals surface area contributed by atoms with Crippen LogP contribution in [0, 0.1) is 0 Å². The standard InChI is InChI=1S/C14H15ClN2O2S/c1-9(18)17-12-5-6-20-14(12)8-16-10-3-4-11(15)13(7-10)19-2/h3-7,16H,8H2,1-2H3,(H,17,18). The van der Waals surface area contributed by atoms with E-state index in [1.54, 1.807) is 24.5 Å². The smallest absolute Gasteiger partial charge is 0.221 e. The van der Waals surface area contributed by atoms with E-state index in [1.807, 2.05) is 23.6 Å². The molecule has 0 radical (unpaired) electrons. The number of thiophene rings is 1. The van der Waals surface area contributed by atoms with Crippen LogP contribution in [-0.2, 0) is 11.3 Å². The van der Waals surface area contributed by atoms with Gasteiger partial charge in [-0.3, -0.25) is 4.79 Å². The van der Waals surface area contributed by atoms with E-state index in [0.717, 1.165) is 16.3 Å². The average Bonchev–Trinajstić information content (AvgIpc) is 2.84. The molecule has 0 saturated carbocycles. The van der Waals surface area contributed by atoms with Gasteiger partial charge in [-0.05, 0) is 23.6 Å². The van der Waals surface area contributed by atoms with Crippen LogP contribution in [0.5, 0.6) is 5.75 Å². The summed E-state index contributed by atoms with van der Waals surface area (Å²) in [6.07, 6.45) is 0. The van der Waals surface area contributed by atoms with Crippen LogP contribution in [0.25, 0.3) is 0 Å². The molecular formula is C14H15ClN2O2S. The van der Waals surface area contributed by atoms with Crippen LogP contribution >= 0.6 is 22.9 Å². The number of hydrogen-bond donors (Lipinski definition) is 2. The van der Waals surface area contributed by atoms with Crippen molar-refractivity contribution in [1.29, 1.82) is 0 Å². The Bertz CT molecular complexity index is 613. The molecule has 1 amide bonds. The Morgan fingerprint density at radius 2 is 2.20 bits per heavy atom. The summed E-state index contributed by atoms with van der Waals surface area (Å²) in [5, 5.41) is 8.62. The fraction of sp³-hybridized carbons (Fsp3) is 0.214. The maximum Gasteiger partial charge on any atom is 0.221 e. The van der Waals surface area contributed by atoms with Crippen molar-refractivity contribution in [3.8, 4) is 5.75 Å². The first-order valence-electron chi connectivity index (χ1n) is 6.01. The highest BCUT2D eigenvalue weighted by molar-refractivity contribution is 7.10. The summed E-state index contributed by atoms with van der Waals surface area (Å²) in [7, 11) is 1.58. The van der Waals surface area contributed by atoms with E-state index >= 15 is 0 Å². The van der Waals surface area contributed by atoms with E-state index in [4.69, 9.17) is 16.3 Å². The SMILES string of the molecule is COc1cc(NCc2sccc2NC(C)=O)ccc1Cl. The third-order valence-corrected chi connectivity index (χ3v) is 3.89. The summed E-state index contributed by atoms with van der Waals surface area (Å²) in [6, 6.07) is 7.40. The molecule has 1 heterocycles. The van der Waals surface area contributed by atoms with Gasteiger partial charge in [-0.15, -0.1) is 11.3 Å². The number of nitrogens with one attached hydrogen (secondary N) is 2. The summed E-state index contributed by atoms with van der Waals surface area (Å²) in [5.74, 6) is 0.558. The predicted octanol–water partition coefficient (Wildman–Crippen LogP) is 3.98. The van der Waals surface area contributed by atoms with Crippen molar-refractivity contribution in [2.75, 3.05) is 17.7 Å². The summed E-state index contributed by atoms with van der Waals surface area (Å²) in [6.45, 7) is 2.12. The molecule has 2 rings (SSSR count). The number of rotatable bonds is 5. The summed E-state index contributed by atoms with van der Waals surface area (Å²) < 4.78 is 5.17. The highest BCUT2D eigenvalue weighted by atomic mass is 35.5. The third kappa shape index (κ3) is 3.65. The van der Waals surface area contributed by atoms with E-state index in [9.17, 15) is 4.79 Å². The minimum atomic E-state index is -0.0715. The number of carbonyl (C=O) groups excluding carboxylic acids is 1. The number of ether oxygens (including phenoxy) is 1. The van der Waals surface area contributed by atoms with E-state index in [2.05, 4.69) is 10.6 Å². The van der Waals surface area contributed by atoms with Crippen molar-refractivity contribution in [2.24, 2.45) is 0 Å². The second-order valence-electron chi connectivity index (χ2n) is 4.14. The minimum absolute atomic E-state index is 0.0715. The summed E-state index contributed by atoms with van der Waals surface area (Å²) in [5.41, 5.74) is 1.75. The number of hydrogen-bond acceptors (Lipinski definition) is 4. The van der Waals surface area contributed by atoms with Crippen LogP contribution in [0.4, 0.5) is 11.4 Å². The van der Waals surface area contributed by atoms with E-state index < -0.39 is 0 Å². The molecule has 106 valence electrons. The summed E-state index contributed by atoms with van der Waals surface area (Å²) in [4.78, 5) is 12.2. The number of benzene rings is 1. The molecule has 0 aliphatic carbocycles. The lowest BCUT2D eigenvalue weighted by Crippen LogP contribution is -2.08. The molecule has 0 aliphatic heterocycles. The lowest BCUT2D eigenvalue weighted by molar-refractivity contribution is -0.114. The first kappa shape index (κ1) is 14.7. The largest absolute Gasteiger partial charge is 0.495 e. The van der Waals surface area contributed by atoms with Crippen molar-refractivity contribution >= 4 is 40.2 Å². The maximum absolute atomic E-state index is 11.1. The van der Waals surface area contributed by atoms with Crippen LogP contribution in [0.1, 0.15) is 11.8 Å². The molecule has 20 heavy (non-hydrogen) atoms. The van der Waals surface area contributed by atoms with Crippen LogP contribution < -0.4 is 15.4 Å². The number of halogens is 1. The van der Waals surface area contributed by atoms with Gasteiger partial charge in [0, 0.05) is 23.6 Å².